The van der Waals surface area contributed by atoms with Gasteiger partial charge in [-0.05, 0) is 13.0 Å². The summed E-state index contributed by atoms with van der Waals surface area (Å²) in [5, 5.41) is 9.67. The van der Waals surface area contributed by atoms with E-state index in [4.69, 9.17) is 4.42 Å². The van der Waals surface area contributed by atoms with Gasteiger partial charge in [-0.15, -0.1) is 0 Å². The lowest BCUT2D eigenvalue weighted by atomic mass is 10.0. The van der Waals surface area contributed by atoms with E-state index in [2.05, 4.69) is 4.74 Å². The van der Waals surface area contributed by atoms with E-state index in [1.54, 1.807) is 0 Å². The molecule has 7 nitrogen and oxygen atoms in total. The van der Waals surface area contributed by atoms with Gasteiger partial charge in [-0.2, -0.15) is 0 Å². The molecule has 0 amide bonds. The van der Waals surface area contributed by atoms with Gasteiger partial charge in [-0.25, -0.2) is 4.79 Å². The van der Waals surface area contributed by atoms with Crippen molar-refractivity contribution in [2.24, 2.45) is 0 Å². The number of allylic oxidation sites excluding steroid dienone is 1. The van der Waals surface area contributed by atoms with Crippen molar-refractivity contribution in [2.75, 3.05) is 7.11 Å². The number of aromatic hydroxyl groups is 1. The molecule has 0 unspecified atom stereocenters. The normalized spacial score (nSPS) is 14.1. The third-order valence-corrected chi connectivity index (χ3v) is 2.84. The summed E-state index contributed by atoms with van der Waals surface area (Å²) in [7, 11) is 1.16. The van der Waals surface area contributed by atoms with Crippen LogP contribution in [-0.2, 0) is 19.1 Å². The van der Waals surface area contributed by atoms with Gasteiger partial charge < -0.3 is 14.3 Å². The number of methoxy groups -OCH3 is 1. The first-order valence-corrected chi connectivity index (χ1v) is 5.79. The molecular weight excluding hydrogens is 280 g/mol. The molecule has 1 aliphatic carbocycles. The van der Waals surface area contributed by atoms with Gasteiger partial charge in [0.15, 0.2) is 5.78 Å². The van der Waals surface area contributed by atoms with Gasteiger partial charge in [-0.1, -0.05) is 0 Å². The molecule has 0 aliphatic heterocycles. The number of ether oxygens (including phenoxy) is 1. The number of ketones is 3. The van der Waals surface area contributed by atoms with E-state index < -0.39 is 29.3 Å². The molecular formula is C14H10O7. The van der Waals surface area contributed by atoms with Crippen molar-refractivity contribution in [2.45, 2.75) is 6.92 Å². The number of furan rings is 1. The molecule has 0 saturated carbocycles. The molecule has 1 aromatic heterocycles. The van der Waals surface area contributed by atoms with Crippen LogP contribution in [0, 0.1) is 0 Å². The summed E-state index contributed by atoms with van der Waals surface area (Å²) in [6, 6.07) is 0. The van der Waals surface area contributed by atoms with Crippen LogP contribution in [0.25, 0.3) is 12.2 Å². The Labute approximate surface area is 117 Å². The minimum absolute atomic E-state index is 0.0102. The van der Waals surface area contributed by atoms with E-state index in [9.17, 15) is 24.3 Å². The molecule has 1 aliphatic rings. The molecule has 1 aromatic rings. The quantitative estimate of drug-likeness (QED) is 0.329. The summed E-state index contributed by atoms with van der Waals surface area (Å²) in [5.74, 6) is -3.81. The van der Waals surface area contributed by atoms with Gasteiger partial charge in [0.1, 0.15) is 11.0 Å². The number of Topliss-reactive ketones (excluding diaryl/α,β-unsaturated/α-hetero) is 2. The standard InChI is InChI=1S/C14H10O7/c1-6(13(18)20-2)3-10(17)12-7-4-8(15)9(16)5-11(7)21-14(12)19/h3-5,19H,1-2H3/b6-3-. The second-order valence-corrected chi connectivity index (χ2v) is 4.26. The first-order valence-electron chi connectivity index (χ1n) is 5.79. The number of carbonyl (C=O) groups excluding carboxylic acids is 4. The lowest BCUT2D eigenvalue weighted by Gasteiger charge is -1.98. The number of rotatable bonds is 3. The minimum atomic E-state index is -0.828. The number of fused-ring (bicyclic) bond motifs is 1. The second-order valence-electron chi connectivity index (χ2n) is 4.26. The number of esters is 1. The zero-order valence-electron chi connectivity index (χ0n) is 11.1. The summed E-state index contributed by atoms with van der Waals surface area (Å²) in [5.41, 5.74) is -0.353. The van der Waals surface area contributed by atoms with Gasteiger partial charge >= 0.3 is 5.97 Å². The summed E-state index contributed by atoms with van der Waals surface area (Å²) in [4.78, 5) is 45.9. The SMILES string of the molecule is COC(=O)/C(C)=C\C(=O)c1c(O)oc2c1=CC(=O)C(=O)C=2. The fourth-order valence-electron chi connectivity index (χ4n) is 1.82. The highest BCUT2D eigenvalue weighted by atomic mass is 16.5. The van der Waals surface area contributed by atoms with Crippen molar-refractivity contribution in [3.05, 3.63) is 27.8 Å². The van der Waals surface area contributed by atoms with Crippen LogP contribution in [-0.4, -0.2) is 35.5 Å². The summed E-state index contributed by atoms with van der Waals surface area (Å²) in [6.45, 7) is 1.36. The van der Waals surface area contributed by atoms with Crippen molar-refractivity contribution < 1.29 is 33.4 Å². The average molecular weight is 290 g/mol. The maximum atomic E-state index is 12.1. The molecule has 0 fully saturated rings. The predicted molar refractivity (Wildman–Crippen MR) is 68.7 cm³/mol. The maximum absolute atomic E-state index is 12.1. The number of hydrogen-bond donors (Lipinski definition) is 1. The van der Waals surface area contributed by atoms with Gasteiger partial charge in [0.05, 0.1) is 7.11 Å². The van der Waals surface area contributed by atoms with Crippen LogP contribution in [0.3, 0.4) is 0 Å². The monoisotopic (exact) mass is 290 g/mol. The molecule has 0 aromatic carbocycles. The zero-order chi connectivity index (χ0) is 15.7. The first kappa shape index (κ1) is 14.4. The summed E-state index contributed by atoms with van der Waals surface area (Å²) < 4.78 is 9.32. The Morgan fingerprint density at radius 1 is 1.24 bits per heavy atom. The fourth-order valence-corrected chi connectivity index (χ4v) is 1.82. The average Bonchev–Trinajstić information content (AvgIpc) is 2.73. The van der Waals surface area contributed by atoms with Crippen molar-refractivity contribution in [3.63, 3.8) is 0 Å². The second kappa shape index (κ2) is 5.20. The molecule has 0 spiro atoms. The Balaban J connectivity index is 2.58. The Morgan fingerprint density at radius 2 is 1.86 bits per heavy atom. The van der Waals surface area contributed by atoms with E-state index in [0.717, 1.165) is 25.3 Å². The summed E-state index contributed by atoms with van der Waals surface area (Å²) >= 11 is 0. The van der Waals surface area contributed by atoms with Crippen LogP contribution in [0.2, 0.25) is 0 Å². The van der Waals surface area contributed by atoms with Gasteiger partial charge in [-0.3, -0.25) is 14.4 Å². The van der Waals surface area contributed by atoms with E-state index in [1.807, 2.05) is 0 Å². The lowest BCUT2D eigenvalue weighted by Crippen LogP contribution is -2.33. The Bertz CT molecular complexity index is 820. The van der Waals surface area contributed by atoms with Crippen LogP contribution in [0.4, 0.5) is 0 Å². The Morgan fingerprint density at radius 3 is 2.48 bits per heavy atom. The van der Waals surface area contributed by atoms with E-state index in [1.165, 1.54) is 6.92 Å². The van der Waals surface area contributed by atoms with Crippen LogP contribution in [0.15, 0.2) is 16.1 Å². The molecule has 0 radical (unpaired) electrons. The van der Waals surface area contributed by atoms with Gasteiger partial charge in [0, 0.05) is 22.9 Å². The zero-order valence-corrected chi connectivity index (χ0v) is 11.1. The Kier molecular flexibility index (Phi) is 3.58. The van der Waals surface area contributed by atoms with Crippen LogP contribution >= 0.6 is 0 Å². The maximum Gasteiger partial charge on any atom is 0.333 e. The molecule has 2 rings (SSSR count). The van der Waals surface area contributed by atoms with E-state index >= 15 is 0 Å². The van der Waals surface area contributed by atoms with Gasteiger partial charge in [0.25, 0.3) is 5.95 Å². The third kappa shape index (κ3) is 2.53. The molecule has 21 heavy (non-hydrogen) atoms. The first-order chi connectivity index (χ1) is 9.85. The number of hydrogen-bond acceptors (Lipinski definition) is 7. The fraction of sp³-hybridized carbons (Fsp3) is 0.143. The third-order valence-electron chi connectivity index (χ3n) is 2.84. The van der Waals surface area contributed by atoms with Crippen molar-refractivity contribution in [1.82, 2.24) is 0 Å². The molecule has 1 N–H and O–H groups in total. The topological polar surface area (TPSA) is 111 Å². The molecule has 0 atom stereocenters. The largest absolute Gasteiger partial charge is 0.480 e. The highest BCUT2D eigenvalue weighted by Crippen LogP contribution is 2.14. The molecule has 108 valence electrons. The molecule has 7 heteroatoms. The highest BCUT2D eigenvalue weighted by molar-refractivity contribution is 6.57. The summed E-state index contributed by atoms with van der Waals surface area (Å²) in [6.07, 6.45) is 2.76. The van der Waals surface area contributed by atoms with Gasteiger partial charge in [0.2, 0.25) is 11.6 Å². The predicted octanol–water partition coefficient (Wildman–Crippen LogP) is -1.00. The van der Waals surface area contributed by atoms with E-state index in [-0.39, 0.29) is 21.8 Å². The molecule has 0 bridgehead atoms. The van der Waals surface area contributed by atoms with Crippen LogP contribution < -0.4 is 10.6 Å². The highest BCUT2D eigenvalue weighted by Gasteiger charge is 2.23. The van der Waals surface area contributed by atoms with Crippen LogP contribution in [0.1, 0.15) is 17.3 Å². The van der Waals surface area contributed by atoms with Crippen molar-refractivity contribution in [1.29, 1.82) is 0 Å². The smallest absolute Gasteiger partial charge is 0.333 e. The van der Waals surface area contributed by atoms with E-state index in [0.29, 0.717) is 0 Å². The number of carbonyl (C=O) groups is 4. The van der Waals surface area contributed by atoms with Crippen LogP contribution in [0.5, 0.6) is 5.95 Å². The van der Waals surface area contributed by atoms with Crippen molar-refractivity contribution >= 4 is 35.5 Å². The van der Waals surface area contributed by atoms with Crippen molar-refractivity contribution in [3.8, 4) is 5.95 Å². The Hall–Kier alpha value is -2.96. The molecule has 0 saturated heterocycles. The minimum Gasteiger partial charge on any atom is -0.480 e. The lowest BCUT2D eigenvalue weighted by molar-refractivity contribution is -0.136. The molecule has 1 heterocycles.